The summed E-state index contributed by atoms with van der Waals surface area (Å²) >= 11 is 1.31. The van der Waals surface area contributed by atoms with Crippen LogP contribution in [0, 0.1) is 0 Å². The monoisotopic (exact) mass is 264 g/mol. The van der Waals surface area contributed by atoms with Gasteiger partial charge in [-0.1, -0.05) is 20.8 Å². The summed E-state index contributed by atoms with van der Waals surface area (Å²) in [6.45, 7) is 6.10. The first-order chi connectivity index (χ1) is 8.34. The quantitative estimate of drug-likeness (QED) is 0.894. The van der Waals surface area contributed by atoms with Crippen molar-refractivity contribution < 1.29 is 14.6 Å². The Morgan fingerprint density at radius 1 is 1.33 bits per heavy atom. The van der Waals surface area contributed by atoms with Gasteiger partial charge in [0.1, 0.15) is 10.6 Å². The van der Waals surface area contributed by atoms with E-state index >= 15 is 0 Å². The first kappa shape index (κ1) is 12.9. The zero-order chi connectivity index (χ0) is 13.5. The number of methoxy groups -OCH3 is 1. The fourth-order valence-corrected chi connectivity index (χ4v) is 3.38. The summed E-state index contributed by atoms with van der Waals surface area (Å²) in [4.78, 5) is 11.8. The maximum atomic E-state index is 11.4. The maximum Gasteiger partial charge on any atom is 0.346 e. The van der Waals surface area contributed by atoms with Gasteiger partial charge in [0.25, 0.3) is 0 Å². The van der Waals surface area contributed by atoms with Crippen molar-refractivity contribution in [2.45, 2.75) is 26.2 Å². The molecule has 96 valence electrons. The zero-order valence-corrected chi connectivity index (χ0v) is 11.7. The smallest absolute Gasteiger partial charge is 0.346 e. The average molecular weight is 264 g/mol. The predicted octanol–water partition coefficient (Wildman–Crippen LogP) is 3.91. The molecule has 0 atom stereocenters. The Morgan fingerprint density at radius 2 is 2.00 bits per heavy atom. The molecule has 4 heteroatoms. The van der Waals surface area contributed by atoms with Gasteiger partial charge in [-0.3, -0.25) is 0 Å². The van der Waals surface area contributed by atoms with Crippen LogP contribution in [0.5, 0.6) is 5.75 Å². The van der Waals surface area contributed by atoms with Gasteiger partial charge in [0.05, 0.1) is 7.11 Å². The first-order valence-electron chi connectivity index (χ1n) is 5.69. The molecule has 0 aliphatic carbocycles. The molecule has 2 rings (SSSR count). The maximum absolute atomic E-state index is 11.4. The summed E-state index contributed by atoms with van der Waals surface area (Å²) in [5.41, 5.74) is 0.707. The molecule has 18 heavy (non-hydrogen) atoms. The van der Waals surface area contributed by atoms with Crippen molar-refractivity contribution in [2.75, 3.05) is 7.11 Å². The number of benzene rings is 1. The Morgan fingerprint density at radius 3 is 2.50 bits per heavy atom. The number of fused-ring (bicyclic) bond motifs is 1. The van der Waals surface area contributed by atoms with Gasteiger partial charge < -0.3 is 9.84 Å². The van der Waals surface area contributed by atoms with Crippen LogP contribution in [0.2, 0.25) is 0 Å². The van der Waals surface area contributed by atoms with Crippen molar-refractivity contribution in [3.05, 3.63) is 28.6 Å². The molecule has 1 heterocycles. The van der Waals surface area contributed by atoms with E-state index in [1.165, 1.54) is 11.3 Å². The molecule has 0 radical (unpaired) electrons. The van der Waals surface area contributed by atoms with Crippen LogP contribution in [0.15, 0.2) is 18.2 Å². The molecule has 0 bridgehead atoms. The lowest BCUT2D eigenvalue weighted by Gasteiger charge is -2.19. The molecule has 1 N–H and O–H groups in total. The minimum absolute atomic E-state index is 0.194. The summed E-state index contributed by atoms with van der Waals surface area (Å²) in [5, 5.41) is 10.3. The number of rotatable bonds is 2. The molecular formula is C14H16O3S. The lowest BCUT2D eigenvalue weighted by Crippen LogP contribution is -2.14. The highest BCUT2D eigenvalue weighted by Gasteiger charge is 2.27. The number of aromatic carboxylic acids is 1. The minimum atomic E-state index is -0.861. The number of thiophene rings is 1. The molecule has 0 aliphatic rings. The minimum Gasteiger partial charge on any atom is -0.497 e. The number of hydrogen-bond acceptors (Lipinski definition) is 3. The predicted molar refractivity (Wildman–Crippen MR) is 74.0 cm³/mol. The van der Waals surface area contributed by atoms with Gasteiger partial charge in [-0.15, -0.1) is 11.3 Å². The molecule has 0 amide bonds. The second-order valence-electron chi connectivity index (χ2n) is 5.22. The van der Waals surface area contributed by atoms with E-state index in [1.807, 2.05) is 39.0 Å². The molecule has 2 aromatic rings. The molecular weight excluding hydrogens is 248 g/mol. The topological polar surface area (TPSA) is 46.5 Å². The van der Waals surface area contributed by atoms with Crippen molar-refractivity contribution in [1.82, 2.24) is 0 Å². The van der Waals surface area contributed by atoms with Gasteiger partial charge in [0.2, 0.25) is 0 Å². The molecule has 0 saturated heterocycles. The zero-order valence-electron chi connectivity index (χ0n) is 10.9. The Bertz CT molecular complexity index is 605. The Hall–Kier alpha value is -1.55. The van der Waals surface area contributed by atoms with E-state index in [0.717, 1.165) is 21.4 Å². The number of hydrogen-bond donors (Lipinski definition) is 1. The van der Waals surface area contributed by atoms with Gasteiger partial charge in [-0.25, -0.2) is 4.79 Å². The first-order valence-corrected chi connectivity index (χ1v) is 6.50. The summed E-state index contributed by atoms with van der Waals surface area (Å²) < 4.78 is 6.13. The number of ether oxygens (including phenoxy) is 1. The summed E-state index contributed by atoms with van der Waals surface area (Å²) in [6.07, 6.45) is 0. The molecule has 1 aromatic carbocycles. The fraction of sp³-hybridized carbons (Fsp3) is 0.357. The van der Waals surface area contributed by atoms with Crippen LogP contribution in [0.1, 0.15) is 36.0 Å². The van der Waals surface area contributed by atoms with Gasteiger partial charge in [-0.2, -0.15) is 0 Å². The van der Waals surface area contributed by atoms with Crippen molar-refractivity contribution >= 4 is 27.4 Å². The highest BCUT2D eigenvalue weighted by molar-refractivity contribution is 7.21. The standard InChI is InChI=1S/C14H16O3S/c1-14(2,3)11-9-6-5-8(17-4)7-10(9)18-12(11)13(15)16/h5-7H,1-4H3,(H,15,16). The van der Waals surface area contributed by atoms with E-state index in [9.17, 15) is 9.90 Å². The second-order valence-corrected chi connectivity index (χ2v) is 6.28. The van der Waals surface area contributed by atoms with Gasteiger partial charge >= 0.3 is 5.97 Å². The molecule has 0 unspecified atom stereocenters. The van der Waals surface area contributed by atoms with Gasteiger partial charge in [0.15, 0.2) is 0 Å². The van der Waals surface area contributed by atoms with Crippen molar-refractivity contribution in [2.24, 2.45) is 0 Å². The van der Waals surface area contributed by atoms with E-state index in [1.54, 1.807) is 7.11 Å². The summed E-state index contributed by atoms with van der Waals surface area (Å²) in [5.74, 6) is -0.110. The van der Waals surface area contributed by atoms with Gasteiger partial charge in [0, 0.05) is 4.70 Å². The van der Waals surface area contributed by atoms with Crippen molar-refractivity contribution in [3.8, 4) is 5.75 Å². The SMILES string of the molecule is COc1ccc2c(C(C)(C)C)c(C(=O)O)sc2c1. The van der Waals surface area contributed by atoms with Crippen LogP contribution >= 0.6 is 11.3 Å². The Balaban J connectivity index is 2.80. The Kier molecular flexibility index (Phi) is 3.07. The number of carboxylic acid groups (broad SMARTS) is 1. The van der Waals surface area contributed by atoms with Crippen LogP contribution in [0.4, 0.5) is 0 Å². The lowest BCUT2D eigenvalue weighted by molar-refractivity contribution is 0.0700. The molecule has 3 nitrogen and oxygen atoms in total. The van der Waals surface area contributed by atoms with E-state index in [2.05, 4.69) is 0 Å². The highest BCUT2D eigenvalue weighted by Crippen LogP contribution is 2.40. The number of carboxylic acids is 1. The largest absolute Gasteiger partial charge is 0.497 e. The third kappa shape index (κ3) is 2.08. The molecule has 0 fully saturated rings. The highest BCUT2D eigenvalue weighted by atomic mass is 32.1. The average Bonchev–Trinajstić information content (AvgIpc) is 2.66. The molecule has 0 spiro atoms. The Labute approximate surface area is 110 Å². The number of carbonyl (C=O) groups is 1. The summed E-state index contributed by atoms with van der Waals surface area (Å²) in [6, 6.07) is 5.70. The fourth-order valence-electron chi connectivity index (χ4n) is 2.10. The van der Waals surface area contributed by atoms with Crippen molar-refractivity contribution in [3.63, 3.8) is 0 Å². The molecule has 0 saturated carbocycles. The van der Waals surface area contributed by atoms with E-state index in [0.29, 0.717) is 4.88 Å². The van der Waals surface area contributed by atoms with Crippen LogP contribution in [-0.2, 0) is 5.41 Å². The third-order valence-electron chi connectivity index (χ3n) is 2.84. The molecule has 0 aliphatic heterocycles. The molecule has 1 aromatic heterocycles. The van der Waals surface area contributed by atoms with Crippen LogP contribution in [0.3, 0.4) is 0 Å². The normalized spacial score (nSPS) is 11.8. The second kappa shape index (κ2) is 4.28. The lowest BCUT2D eigenvalue weighted by atomic mass is 9.85. The van der Waals surface area contributed by atoms with Crippen molar-refractivity contribution in [1.29, 1.82) is 0 Å². The van der Waals surface area contributed by atoms with Gasteiger partial charge in [-0.05, 0) is 34.6 Å². The summed E-state index contributed by atoms with van der Waals surface area (Å²) in [7, 11) is 1.61. The van der Waals surface area contributed by atoms with Crippen LogP contribution in [0.25, 0.3) is 10.1 Å². The van der Waals surface area contributed by atoms with Crippen LogP contribution in [-0.4, -0.2) is 18.2 Å². The third-order valence-corrected chi connectivity index (χ3v) is 3.98. The van der Waals surface area contributed by atoms with Crippen LogP contribution < -0.4 is 4.74 Å². The van der Waals surface area contributed by atoms with E-state index < -0.39 is 5.97 Å². The van der Waals surface area contributed by atoms with E-state index in [4.69, 9.17) is 4.74 Å². The van der Waals surface area contributed by atoms with E-state index in [-0.39, 0.29) is 5.41 Å².